The van der Waals surface area contributed by atoms with Crippen molar-refractivity contribution in [1.29, 1.82) is 0 Å². The van der Waals surface area contributed by atoms with Gasteiger partial charge in [0, 0.05) is 16.8 Å². The molecule has 0 aliphatic rings. The summed E-state index contributed by atoms with van der Waals surface area (Å²) in [6.07, 6.45) is 0.163. The van der Waals surface area contributed by atoms with Crippen molar-refractivity contribution in [3.05, 3.63) is 35.5 Å². The molecule has 0 bridgehead atoms. The Hall–Kier alpha value is -1.81. The molecule has 0 saturated heterocycles. The number of aromatic amines is 1. The highest BCUT2D eigenvalue weighted by Crippen LogP contribution is 2.25. The molecular weight excluding hydrogens is 228 g/mol. The standard InChI is InChI=1S/C14H18N2O2/c1-9(2)18-12-6-4-11(5-7-12)14-13(8-17)10(3)15-16-14/h4-7,9,17H,8H2,1-3H3,(H,15,16). The van der Waals surface area contributed by atoms with Crippen LogP contribution in [0.2, 0.25) is 0 Å². The number of rotatable bonds is 4. The van der Waals surface area contributed by atoms with Gasteiger partial charge in [-0.2, -0.15) is 5.10 Å². The van der Waals surface area contributed by atoms with Gasteiger partial charge in [-0.25, -0.2) is 0 Å². The lowest BCUT2D eigenvalue weighted by Gasteiger charge is -2.09. The molecule has 0 radical (unpaired) electrons. The van der Waals surface area contributed by atoms with E-state index >= 15 is 0 Å². The minimum absolute atomic E-state index is 0.0120. The Morgan fingerprint density at radius 2 is 1.94 bits per heavy atom. The fourth-order valence-corrected chi connectivity index (χ4v) is 1.85. The van der Waals surface area contributed by atoms with E-state index in [-0.39, 0.29) is 12.7 Å². The third kappa shape index (κ3) is 2.54. The Bertz CT molecular complexity index is 515. The smallest absolute Gasteiger partial charge is 0.119 e. The third-order valence-electron chi connectivity index (χ3n) is 2.73. The summed E-state index contributed by atoms with van der Waals surface area (Å²) < 4.78 is 5.59. The molecule has 96 valence electrons. The molecule has 18 heavy (non-hydrogen) atoms. The molecule has 1 heterocycles. The van der Waals surface area contributed by atoms with Crippen LogP contribution >= 0.6 is 0 Å². The summed E-state index contributed by atoms with van der Waals surface area (Å²) in [5, 5.41) is 16.5. The molecule has 2 rings (SSSR count). The van der Waals surface area contributed by atoms with Crippen molar-refractivity contribution in [2.75, 3.05) is 0 Å². The maximum atomic E-state index is 9.34. The molecule has 4 nitrogen and oxygen atoms in total. The highest BCUT2D eigenvalue weighted by molar-refractivity contribution is 5.64. The number of hydrogen-bond donors (Lipinski definition) is 2. The van der Waals surface area contributed by atoms with Crippen molar-refractivity contribution in [1.82, 2.24) is 10.2 Å². The van der Waals surface area contributed by atoms with E-state index in [0.29, 0.717) is 0 Å². The number of nitrogens with one attached hydrogen (secondary N) is 1. The lowest BCUT2D eigenvalue weighted by atomic mass is 10.1. The van der Waals surface area contributed by atoms with Crippen molar-refractivity contribution in [2.45, 2.75) is 33.5 Å². The van der Waals surface area contributed by atoms with Crippen molar-refractivity contribution in [2.24, 2.45) is 0 Å². The van der Waals surface area contributed by atoms with Crippen molar-refractivity contribution in [3.8, 4) is 17.0 Å². The van der Waals surface area contributed by atoms with Crippen molar-refractivity contribution < 1.29 is 9.84 Å². The van der Waals surface area contributed by atoms with Gasteiger partial charge >= 0.3 is 0 Å². The molecule has 1 aromatic heterocycles. The van der Waals surface area contributed by atoms with Gasteiger partial charge in [0.15, 0.2) is 0 Å². The molecular formula is C14H18N2O2. The number of ether oxygens (including phenoxy) is 1. The van der Waals surface area contributed by atoms with Crippen LogP contribution in [0, 0.1) is 6.92 Å². The van der Waals surface area contributed by atoms with Gasteiger partial charge < -0.3 is 9.84 Å². The Morgan fingerprint density at radius 1 is 1.28 bits per heavy atom. The molecule has 0 unspecified atom stereocenters. The van der Waals surface area contributed by atoms with Crippen LogP contribution in [0.1, 0.15) is 25.1 Å². The fourth-order valence-electron chi connectivity index (χ4n) is 1.85. The summed E-state index contributed by atoms with van der Waals surface area (Å²) in [7, 11) is 0. The first kappa shape index (κ1) is 12.6. The molecule has 2 aromatic rings. The fraction of sp³-hybridized carbons (Fsp3) is 0.357. The van der Waals surface area contributed by atoms with Crippen LogP contribution in [0.5, 0.6) is 5.75 Å². The van der Waals surface area contributed by atoms with Gasteiger partial charge in [0.25, 0.3) is 0 Å². The topological polar surface area (TPSA) is 58.1 Å². The molecule has 0 atom stereocenters. The predicted molar refractivity (Wildman–Crippen MR) is 70.4 cm³/mol. The van der Waals surface area contributed by atoms with E-state index in [9.17, 15) is 5.11 Å². The second-order valence-corrected chi connectivity index (χ2v) is 4.52. The number of aliphatic hydroxyl groups is 1. The van der Waals surface area contributed by atoms with E-state index in [1.807, 2.05) is 45.0 Å². The molecule has 0 aliphatic carbocycles. The lowest BCUT2D eigenvalue weighted by Crippen LogP contribution is -2.05. The number of hydrogen-bond acceptors (Lipinski definition) is 3. The summed E-state index contributed by atoms with van der Waals surface area (Å²) in [5.41, 5.74) is 3.51. The number of aromatic nitrogens is 2. The van der Waals surface area contributed by atoms with Crippen LogP contribution < -0.4 is 4.74 Å². The first-order chi connectivity index (χ1) is 8.61. The van der Waals surface area contributed by atoms with Crippen LogP contribution in [0.25, 0.3) is 11.3 Å². The summed E-state index contributed by atoms with van der Waals surface area (Å²) >= 11 is 0. The monoisotopic (exact) mass is 246 g/mol. The van der Waals surface area contributed by atoms with Crippen LogP contribution in [0.15, 0.2) is 24.3 Å². The minimum atomic E-state index is -0.0120. The molecule has 0 spiro atoms. The summed E-state index contributed by atoms with van der Waals surface area (Å²) in [6.45, 7) is 5.88. The zero-order valence-electron chi connectivity index (χ0n) is 10.9. The van der Waals surface area contributed by atoms with Gasteiger partial charge in [0.1, 0.15) is 5.75 Å². The number of benzene rings is 1. The summed E-state index contributed by atoms with van der Waals surface area (Å²) in [4.78, 5) is 0. The van der Waals surface area contributed by atoms with E-state index in [1.54, 1.807) is 0 Å². The van der Waals surface area contributed by atoms with Crippen molar-refractivity contribution >= 4 is 0 Å². The Labute approximate surface area is 107 Å². The molecule has 2 N–H and O–H groups in total. The average Bonchev–Trinajstić information content (AvgIpc) is 2.70. The molecule has 0 aliphatic heterocycles. The molecule has 0 saturated carbocycles. The summed E-state index contributed by atoms with van der Waals surface area (Å²) in [5.74, 6) is 0.839. The van der Waals surface area contributed by atoms with Gasteiger partial charge in [-0.05, 0) is 45.0 Å². The first-order valence-electron chi connectivity index (χ1n) is 6.03. The Morgan fingerprint density at radius 3 is 2.50 bits per heavy atom. The minimum Gasteiger partial charge on any atom is -0.491 e. The van der Waals surface area contributed by atoms with Gasteiger partial charge in [0.05, 0.1) is 18.4 Å². The van der Waals surface area contributed by atoms with Crippen LogP contribution in [0.4, 0.5) is 0 Å². The van der Waals surface area contributed by atoms with Crippen molar-refractivity contribution in [3.63, 3.8) is 0 Å². The quantitative estimate of drug-likeness (QED) is 0.872. The number of aryl methyl sites for hydroxylation is 1. The molecule has 0 amide bonds. The van der Waals surface area contributed by atoms with Gasteiger partial charge in [-0.15, -0.1) is 0 Å². The number of aliphatic hydroxyl groups excluding tert-OH is 1. The van der Waals surface area contributed by atoms with E-state index in [2.05, 4.69) is 10.2 Å². The van der Waals surface area contributed by atoms with Crippen LogP contribution in [0.3, 0.4) is 0 Å². The van der Waals surface area contributed by atoms with Crippen LogP contribution in [-0.4, -0.2) is 21.4 Å². The van der Waals surface area contributed by atoms with Gasteiger partial charge in [-0.1, -0.05) is 0 Å². The van der Waals surface area contributed by atoms with E-state index < -0.39 is 0 Å². The Kier molecular flexibility index (Phi) is 3.67. The average molecular weight is 246 g/mol. The molecule has 4 heteroatoms. The SMILES string of the molecule is Cc1[nH]nc(-c2ccc(OC(C)C)cc2)c1CO. The predicted octanol–water partition coefficient (Wildman–Crippen LogP) is 2.66. The number of H-pyrrole nitrogens is 1. The highest BCUT2D eigenvalue weighted by Gasteiger charge is 2.11. The highest BCUT2D eigenvalue weighted by atomic mass is 16.5. The van der Waals surface area contributed by atoms with E-state index in [0.717, 1.165) is 28.3 Å². The Balaban J connectivity index is 2.28. The number of nitrogens with zero attached hydrogens (tertiary/aromatic N) is 1. The second-order valence-electron chi connectivity index (χ2n) is 4.52. The molecule has 1 aromatic carbocycles. The first-order valence-corrected chi connectivity index (χ1v) is 6.03. The zero-order valence-corrected chi connectivity index (χ0v) is 10.9. The maximum Gasteiger partial charge on any atom is 0.119 e. The van der Waals surface area contributed by atoms with Crippen LogP contribution in [-0.2, 0) is 6.61 Å². The van der Waals surface area contributed by atoms with E-state index in [4.69, 9.17) is 4.74 Å². The maximum absolute atomic E-state index is 9.34. The zero-order chi connectivity index (χ0) is 13.1. The van der Waals surface area contributed by atoms with Gasteiger partial charge in [-0.3, -0.25) is 5.10 Å². The van der Waals surface area contributed by atoms with E-state index in [1.165, 1.54) is 0 Å². The molecule has 0 fully saturated rings. The normalized spacial score (nSPS) is 10.9. The lowest BCUT2D eigenvalue weighted by molar-refractivity contribution is 0.242. The summed E-state index contributed by atoms with van der Waals surface area (Å²) in [6, 6.07) is 7.74. The third-order valence-corrected chi connectivity index (χ3v) is 2.73. The second kappa shape index (κ2) is 5.23. The largest absolute Gasteiger partial charge is 0.491 e. The van der Waals surface area contributed by atoms with Gasteiger partial charge in [0.2, 0.25) is 0 Å².